The van der Waals surface area contributed by atoms with Gasteiger partial charge in [0.2, 0.25) is 11.8 Å². The second-order valence-corrected chi connectivity index (χ2v) is 18.0. The normalized spacial score (nSPS) is 19.4. The number of aryl methyl sites for hydroxylation is 1. The van der Waals surface area contributed by atoms with E-state index in [0.29, 0.717) is 99.1 Å². The van der Waals surface area contributed by atoms with Crippen LogP contribution in [-0.2, 0) is 23.2 Å². The molecule has 4 saturated heterocycles. The summed E-state index contributed by atoms with van der Waals surface area (Å²) in [7, 11) is 3.43. The van der Waals surface area contributed by atoms with E-state index >= 15 is 13.2 Å². The van der Waals surface area contributed by atoms with Gasteiger partial charge in [-0.2, -0.15) is 0 Å². The largest absolute Gasteiger partial charge is 0.386 e. The molecule has 4 fully saturated rings. The predicted molar refractivity (Wildman–Crippen MR) is 243 cm³/mol. The van der Waals surface area contributed by atoms with Gasteiger partial charge >= 0.3 is 0 Å². The average Bonchev–Trinajstić information content (AvgIpc) is 3.62. The molecule has 348 valence electrons. The highest BCUT2D eigenvalue weighted by atomic mass is 19.1. The van der Waals surface area contributed by atoms with Crippen molar-refractivity contribution in [2.24, 2.45) is 13.0 Å². The number of piperidine rings is 3. The number of hydrogen-bond acceptors (Lipinski definition) is 10. The van der Waals surface area contributed by atoms with Crippen LogP contribution in [0.3, 0.4) is 0 Å². The second kappa shape index (κ2) is 18.9. The minimum Gasteiger partial charge on any atom is -0.386 e. The molecule has 9 rings (SSSR count). The number of benzene rings is 2. The summed E-state index contributed by atoms with van der Waals surface area (Å²) >= 11 is 0. The molecule has 18 heteroatoms. The number of likely N-dealkylation sites (tertiary alicyclic amines) is 2. The lowest BCUT2D eigenvalue weighted by Crippen LogP contribution is -2.49. The summed E-state index contributed by atoms with van der Waals surface area (Å²) in [4.78, 5) is 62.8. The van der Waals surface area contributed by atoms with Gasteiger partial charge in [-0.1, -0.05) is 0 Å². The maximum absolute atomic E-state index is 15.8. The van der Waals surface area contributed by atoms with E-state index in [-0.39, 0.29) is 52.3 Å². The smallest absolute Gasteiger partial charge is 0.257 e. The van der Waals surface area contributed by atoms with Crippen LogP contribution in [0.5, 0.6) is 0 Å². The van der Waals surface area contributed by atoms with Crippen molar-refractivity contribution in [2.45, 2.75) is 57.0 Å². The van der Waals surface area contributed by atoms with E-state index in [1.54, 1.807) is 36.3 Å². The van der Waals surface area contributed by atoms with E-state index in [2.05, 4.69) is 30.7 Å². The third-order valence-corrected chi connectivity index (χ3v) is 13.9. The van der Waals surface area contributed by atoms with Crippen LogP contribution < -0.4 is 26.4 Å². The zero-order valence-electron chi connectivity index (χ0n) is 37.1. The van der Waals surface area contributed by atoms with Crippen LogP contribution in [-0.4, -0.2) is 119 Å². The number of rotatable bonds is 11. The minimum absolute atomic E-state index is 0.0134. The number of carbonyl (C=O) groups excluding carboxylic acids is 3. The molecule has 4 aliphatic rings. The number of aromatic nitrogens is 3. The van der Waals surface area contributed by atoms with E-state index in [1.807, 2.05) is 22.6 Å². The number of amides is 3. The van der Waals surface area contributed by atoms with Crippen molar-refractivity contribution in [1.82, 2.24) is 34.1 Å². The Labute approximate surface area is 379 Å². The van der Waals surface area contributed by atoms with Gasteiger partial charge < -0.3 is 25.0 Å². The summed E-state index contributed by atoms with van der Waals surface area (Å²) in [5.41, 5.74) is 2.82. The Morgan fingerprint density at radius 2 is 1.52 bits per heavy atom. The van der Waals surface area contributed by atoms with Crippen LogP contribution in [0, 0.1) is 29.2 Å². The quantitative estimate of drug-likeness (QED) is 0.114. The number of nitrogens with one attached hydrogen (secondary N) is 3. The lowest BCUT2D eigenvalue weighted by molar-refractivity contribution is -0.133. The third kappa shape index (κ3) is 9.25. The molecule has 3 N–H and O–H groups in total. The first-order valence-electron chi connectivity index (χ1n) is 22.7. The highest BCUT2D eigenvalue weighted by molar-refractivity contribution is 6.01. The summed E-state index contributed by atoms with van der Waals surface area (Å²) in [6.07, 6.45) is 5.93. The van der Waals surface area contributed by atoms with Crippen LogP contribution in [0.1, 0.15) is 66.1 Å². The molecule has 7 heterocycles. The molecule has 0 saturated carbocycles. The molecule has 0 aliphatic carbocycles. The van der Waals surface area contributed by atoms with Gasteiger partial charge in [-0.15, -0.1) is 0 Å². The second-order valence-electron chi connectivity index (χ2n) is 18.0. The maximum atomic E-state index is 15.8. The van der Waals surface area contributed by atoms with Gasteiger partial charge in [-0.3, -0.25) is 38.9 Å². The van der Waals surface area contributed by atoms with Gasteiger partial charge in [0.25, 0.3) is 11.5 Å². The summed E-state index contributed by atoms with van der Waals surface area (Å²) in [5.74, 6) is -3.43. The van der Waals surface area contributed by atoms with Crippen molar-refractivity contribution in [2.75, 3.05) is 81.5 Å². The van der Waals surface area contributed by atoms with Gasteiger partial charge in [0.15, 0.2) is 5.82 Å². The zero-order valence-corrected chi connectivity index (χ0v) is 37.1. The summed E-state index contributed by atoms with van der Waals surface area (Å²) < 4.78 is 64.7. The van der Waals surface area contributed by atoms with Gasteiger partial charge in [-0.25, -0.2) is 22.5 Å². The Bertz CT molecular complexity index is 2700. The fraction of sp³-hybridized carbons (Fsp3) is 0.438. The molecule has 0 radical (unpaired) electrons. The van der Waals surface area contributed by atoms with E-state index in [0.717, 1.165) is 38.2 Å². The van der Waals surface area contributed by atoms with Crippen molar-refractivity contribution >= 4 is 45.8 Å². The first-order chi connectivity index (χ1) is 31.8. The number of anilines is 3. The van der Waals surface area contributed by atoms with Crippen LogP contribution >= 0.6 is 0 Å². The minimum atomic E-state index is -0.702. The zero-order chi connectivity index (χ0) is 46.2. The van der Waals surface area contributed by atoms with Crippen LogP contribution in [0.25, 0.3) is 16.7 Å². The van der Waals surface area contributed by atoms with E-state index in [9.17, 15) is 23.6 Å². The van der Waals surface area contributed by atoms with Crippen molar-refractivity contribution in [1.29, 1.82) is 0 Å². The fourth-order valence-corrected chi connectivity index (χ4v) is 10.1. The van der Waals surface area contributed by atoms with Crippen molar-refractivity contribution in [3.63, 3.8) is 0 Å². The van der Waals surface area contributed by atoms with Crippen LogP contribution in [0.15, 0.2) is 65.7 Å². The molecule has 4 aliphatic heterocycles. The fourth-order valence-electron chi connectivity index (χ4n) is 10.1. The first-order valence-corrected chi connectivity index (χ1v) is 22.7. The highest BCUT2D eigenvalue weighted by Crippen LogP contribution is 2.35. The number of imide groups is 1. The van der Waals surface area contributed by atoms with Crippen molar-refractivity contribution in [3.8, 4) is 5.69 Å². The molecule has 3 aromatic heterocycles. The third-order valence-electron chi connectivity index (χ3n) is 13.9. The Morgan fingerprint density at radius 1 is 0.788 bits per heavy atom. The Morgan fingerprint density at radius 3 is 2.20 bits per heavy atom. The number of pyridine rings is 2. The van der Waals surface area contributed by atoms with Gasteiger partial charge in [-0.05, 0) is 99.5 Å². The maximum Gasteiger partial charge on any atom is 0.257 e. The molecule has 2 aromatic carbocycles. The van der Waals surface area contributed by atoms with Crippen molar-refractivity contribution < 1.29 is 31.9 Å². The van der Waals surface area contributed by atoms with E-state index in [1.165, 1.54) is 35.0 Å². The van der Waals surface area contributed by atoms with Gasteiger partial charge in [0.05, 0.1) is 23.3 Å². The highest BCUT2D eigenvalue weighted by Gasteiger charge is 2.32. The van der Waals surface area contributed by atoms with E-state index in [4.69, 9.17) is 0 Å². The lowest BCUT2D eigenvalue weighted by Gasteiger charge is -2.39. The van der Waals surface area contributed by atoms with E-state index < -0.39 is 29.4 Å². The topological polar surface area (TPSA) is 140 Å². The Kier molecular flexibility index (Phi) is 12.9. The molecular formula is C48H54F4N10O4. The summed E-state index contributed by atoms with van der Waals surface area (Å²) in [6, 6.07) is 11.5. The average molecular weight is 911 g/mol. The monoisotopic (exact) mass is 910 g/mol. The molecule has 0 unspecified atom stereocenters. The number of halogens is 4. The number of nitrogens with zero attached hydrogens (tertiary/aromatic N) is 7. The molecule has 5 aromatic rings. The summed E-state index contributed by atoms with van der Waals surface area (Å²) in [6.45, 7) is 6.35. The lowest BCUT2D eigenvalue weighted by atomic mass is 9.87. The summed E-state index contributed by atoms with van der Waals surface area (Å²) in [5, 5.41) is 8.71. The number of piperazine rings is 1. The predicted octanol–water partition coefficient (Wildman–Crippen LogP) is 5.59. The first kappa shape index (κ1) is 44.9. The SMILES string of the molecule is CNc1cc(=O)n(-c2ccnc3c2cc(CN2CCC(c4c(F)cc(C(=O)N5CCC(CN6CCN(c7ccc(N[C@H]8CCC(=O)NC8=O)cc7F)CC6)CC5)cc4F)CC2)n3C)cc1F. The van der Waals surface area contributed by atoms with Gasteiger partial charge in [0.1, 0.15) is 29.1 Å². The molecule has 0 bridgehead atoms. The molecule has 0 spiro atoms. The molecule has 14 nitrogen and oxygen atoms in total. The standard InChI is InChI=1S/C48H54F4N10O4/c1-53-40-25-44(64)62(28-38(40)52)41-7-12-54-46-34(41)24-33(57(46)2)27-58-13-10-30(11-14-58)45-36(50)21-31(22-37(45)51)48(66)61-15-8-29(9-16-61)26-59-17-19-60(20-18-59)42-5-3-32(23-35(42)49)55-39-4-6-43(63)56-47(39)65/h3,5,7,12,21-25,28-30,39,53,55H,4,6,8-11,13-20,26-27H2,1-2H3,(H,56,63,65)/t39-/m0/s1. The molecular weight excluding hydrogens is 857 g/mol. The van der Waals surface area contributed by atoms with Crippen LogP contribution in [0.2, 0.25) is 0 Å². The number of carbonyl (C=O) groups is 3. The Balaban J connectivity index is 0.742. The molecule has 1 atom stereocenters. The molecule has 3 amide bonds. The van der Waals surface area contributed by atoms with Crippen molar-refractivity contribution in [3.05, 3.63) is 111 Å². The number of fused-ring (bicyclic) bond motifs is 1. The number of hydrogen-bond donors (Lipinski definition) is 3. The van der Waals surface area contributed by atoms with Crippen LogP contribution in [0.4, 0.5) is 34.6 Å². The molecule has 66 heavy (non-hydrogen) atoms. The van der Waals surface area contributed by atoms with Gasteiger partial charge in [0, 0.05) is 113 Å². The Hall–Kier alpha value is -6.27.